The van der Waals surface area contributed by atoms with Crippen LogP contribution in [0, 0.1) is 0 Å². The fourth-order valence-corrected chi connectivity index (χ4v) is 1.80. The molecule has 94 valence electrons. The maximum absolute atomic E-state index is 4.16. The fourth-order valence-electron chi connectivity index (χ4n) is 1.80. The van der Waals surface area contributed by atoms with Crippen molar-refractivity contribution in [1.82, 2.24) is 15.1 Å². The minimum Gasteiger partial charge on any atom is -0.311 e. The summed E-state index contributed by atoms with van der Waals surface area (Å²) < 4.78 is 1.93. The van der Waals surface area contributed by atoms with Crippen molar-refractivity contribution < 1.29 is 0 Å². The molecule has 0 saturated carbocycles. The summed E-state index contributed by atoms with van der Waals surface area (Å²) in [5.41, 5.74) is 2.59. The van der Waals surface area contributed by atoms with Crippen molar-refractivity contribution >= 4 is 6.08 Å². The molecule has 0 saturated heterocycles. The highest BCUT2D eigenvalue weighted by molar-refractivity contribution is 5.52. The summed E-state index contributed by atoms with van der Waals surface area (Å²) in [7, 11) is 0. The van der Waals surface area contributed by atoms with E-state index in [1.54, 1.807) is 6.20 Å². The number of hydrogen-bond acceptors (Lipinski definition) is 2. The van der Waals surface area contributed by atoms with Crippen molar-refractivity contribution in [3.05, 3.63) is 59.9 Å². The molecule has 0 aliphatic rings. The molecule has 0 bridgehead atoms. The maximum Gasteiger partial charge on any atom is 0.0534 e. The summed E-state index contributed by atoms with van der Waals surface area (Å²) in [6.07, 6.45) is 6.00. The van der Waals surface area contributed by atoms with E-state index in [9.17, 15) is 0 Å². The van der Waals surface area contributed by atoms with Crippen LogP contribution in [0.4, 0.5) is 0 Å². The first-order valence-electron chi connectivity index (χ1n) is 6.25. The van der Waals surface area contributed by atoms with Gasteiger partial charge in [0.25, 0.3) is 0 Å². The van der Waals surface area contributed by atoms with Crippen LogP contribution in [-0.4, -0.2) is 22.9 Å². The van der Waals surface area contributed by atoms with Crippen LogP contribution in [0.5, 0.6) is 0 Å². The Morgan fingerprint density at radius 3 is 2.83 bits per heavy atom. The second-order valence-corrected chi connectivity index (χ2v) is 4.35. The summed E-state index contributed by atoms with van der Waals surface area (Å²) in [5, 5.41) is 7.58. The molecule has 3 nitrogen and oxygen atoms in total. The van der Waals surface area contributed by atoms with E-state index in [1.807, 2.05) is 23.0 Å². The number of hydrogen-bond donors (Lipinski definition) is 1. The Hall–Kier alpha value is -1.87. The fraction of sp³-hybridized carbons (Fsp3) is 0.267. The first-order valence-corrected chi connectivity index (χ1v) is 6.25. The van der Waals surface area contributed by atoms with E-state index in [0.29, 0.717) is 0 Å². The Labute approximate surface area is 108 Å². The average Bonchev–Trinajstić information content (AvgIpc) is 2.89. The van der Waals surface area contributed by atoms with Gasteiger partial charge in [-0.1, -0.05) is 42.0 Å². The summed E-state index contributed by atoms with van der Waals surface area (Å²) >= 11 is 0. The monoisotopic (exact) mass is 241 g/mol. The zero-order valence-corrected chi connectivity index (χ0v) is 10.7. The second kappa shape index (κ2) is 6.77. The van der Waals surface area contributed by atoms with E-state index in [1.165, 1.54) is 11.1 Å². The SMILES string of the molecule is C/C(=C\c1ccccc1)CNCCn1cccn1. The molecule has 0 spiro atoms. The number of aromatic nitrogens is 2. The third kappa shape index (κ3) is 4.18. The van der Waals surface area contributed by atoms with Crippen molar-refractivity contribution in [3.8, 4) is 0 Å². The van der Waals surface area contributed by atoms with Gasteiger partial charge in [-0.3, -0.25) is 4.68 Å². The summed E-state index contributed by atoms with van der Waals surface area (Å²) in [6.45, 7) is 4.90. The van der Waals surface area contributed by atoms with Crippen LogP contribution in [0.3, 0.4) is 0 Å². The van der Waals surface area contributed by atoms with Gasteiger partial charge >= 0.3 is 0 Å². The Kier molecular flexibility index (Phi) is 4.73. The van der Waals surface area contributed by atoms with E-state index in [2.05, 4.69) is 47.7 Å². The topological polar surface area (TPSA) is 29.9 Å². The predicted molar refractivity (Wildman–Crippen MR) is 75.2 cm³/mol. The van der Waals surface area contributed by atoms with Gasteiger partial charge in [-0.2, -0.15) is 5.10 Å². The van der Waals surface area contributed by atoms with Crippen LogP contribution in [0.25, 0.3) is 6.08 Å². The van der Waals surface area contributed by atoms with Crippen LogP contribution in [-0.2, 0) is 6.54 Å². The zero-order valence-electron chi connectivity index (χ0n) is 10.7. The Bertz CT molecular complexity index is 472. The van der Waals surface area contributed by atoms with Crippen LogP contribution in [0.2, 0.25) is 0 Å². The third-order valence-electron chi connectivity index (χ3n) is 2.69. The van der Waals surface area contributed by atoms with Gasteiger partial charge in [0, 0.05) is 25.5 Å². The first kappa shape index (κ1) is 12.6. The van der Waals surface area contributed by atoms with E-state index in [0.717, 1.165) is 19.6 Å². The molecule has 0 aliphatic carbocycles. The predicted octanol–water partition coefficient (Wildman–Crippen LogP) is 2.58. The lowest BCUT2D eigenvalue weighted by molar-refractivity contribution is 0.569. The maximum atomic E-state index is 4.16. The highest BCUT2D eigenvalue weighted by atomic mass is 15.3. The zero-order chi connectivity index (χ0) is 12.6. The molecule has 3 heteroatoms. The minimum atomic E-state index is 0.908. The minimum absolute atomic E-state index is 0.908. The van der Waals surface area contributed by atoms with Crippen molar-refractivity contribution in [2.45, 2.75) is 13.5 Å². The molecular formula is C15H19N3. The molecule has 0 amide bonds. The normalized spacial score (nSPS) is 11.7. The summed E-state index contributed by atoms with van der Waals surface area (Å²) in [5.74, 6) is 0. The molecule has 0 atom stereocenters. The molecule has 1 aromatic heterocycles. The number of benzene rings is 1. The largest absolute Gasteiger partial charge is 0.311 e. The number of rotatable bonds is 6. The third-order valence-corrected chi connectivity index (χ3v) is 2.69. The van der Waals surface area contributed by atoms with Gasteiger partial charge in [0.15, 0.2) is 0 Å². The van der Waals surface area contributed by atoms with E-state index >= 15 is 0 Å². The second-order valence-electron chi connectivity index (χ2n) is 4.35. The van der Waals surface area contributed by atoms with Crippen LogP contribution in [0.15, 0.2) is 54.4 Å². The van der Waals surface area contributed by atoms with Gasteiger partial charge in [-0.15, -0.1) is 0 Å². The number of nitrogens with zero attached hydrogens (tertiary/aromatic N) is 2. The lowest BCUT2D eigenvalue weighted by Crippen LogP contribution is -2.21. The molecule has 1 heterocycles. The molecule has 0 fully saturated rings. The van der Waals surface area contributed by atoms with E-state index < -0.39 is 0 Å². The lowest BCUT2D eigenvalue weighted by Gasteiger charge is -2.05. The molecule has 0 radical (unpaired) electrons. The molecule has 2 aromatic rings. The quantitative estimate of drug-likeness (QED) is 0.788. The van der Waals surface area contributed by atoms with Crippen molar-refractivity contribution in [2.24, 2.45) is 0 Å². The van der Waals surface area contributed by atoms with Gasteiger partial charge < -0.3 is 5.32 Å². The van der Waals surface area contributed by atoms with Crippen LogP contribution >= 0.6 is 0 Å². The van der Waals surface area contributed by atoms with Crippen molar-refractivity contribution in [1.29, 1.82) is 0 Å². The molecular weight excluding hydrogens is 222 g/mol. The molecule has 1 aromatic carbocycles. The van der Waals surface area contributed by atoms with Crippen molar-refractivity contribution in [3.63, 3.8) is 0 Å². The number of nitrogens with one attached hydrogen (secondary N) is 1. The van der Waals surface area contributed by atoms with E-state index in [-0.39, 0.29) is 0 Å². The molecule has 1 N–H and O–H groups in total. The lowest BCUT2D eigenvalue weighted by atomic mass is 10.1. The first-order chi connectivity index (χ1) is 8.84. The molecule has 0 unspecified atom stereocenters. The van der Waals surface area contributed by atoms with E-state index in [4.69, 9.17) is 0 Å². The highest BCUT2D eigenvalue weighted by Gasteiger charge is 1.93. The standard InChI is InChI=1S/C15H19N3/c1-14(12-15-6-3-2-4-7-15)13-16-9-11-18-10-5-8-17-18/h2-8,10,12,16H,9,11,13H2,1H3/b14-12+. The van der Waals surface area contributed by atoms with Crippen molar-refractivity contribution in [2.75, 3.05) is 13.1 Å². The van der Waals surface area contributed by atoms with Gasteiger partial charge in [-0.05, 0) is 18.6 Å². The Morgan fingerprint density at radius 1 is 1.28 bits per heavy atom. The van der Waals surface area contributed by atoms with Gasteiger partial charge in [0.05, 0.1) is 6.54 Å². The summed E-state index contributed by atoms with van der Waals surface area (Å²) in [6, 6.07) is 12.3. The van der Waals surface area contributed by atoms with Crippen LogP contribution in [0.1, 0.15) is 12.5 Å². The van der Waals surface area contributed by atoms with Gasteiger partial charge in [-0.25, -0.2) is 0 Å². The molecule has 18 heavy (non-hydrogen) atoms. The van der Waals surface area contributed by atoms with Gasteiger partial charge in [0.2, 0.25) is 0 Å². The molecule has 2 rings (SSSR count). The van der Waals surface area contributed by atoms with Crippen LogP contribution < -0.4 is 5.32 Å². The Morgan fingerprint density at radius 2 is 2.11 bits per heavy atom. The average molecular weight is 241 g/mol. The van der Waals surface area contributed by atoms with Gasteiger partial charge in [0.1, 0.15) is 0 Å². The smallest absolute Gasteiger partial charge is 0.0534 e. The highest BCUT2D eigenvalue weighted by Crippen LogP contribution is 2.04. The molecule has 0 aliphatic heterocycles. The summed E-state index contributed by atoms with van der Waals surface area (Å²) in [4.78, 5) is 0. The Balaban J connectivity index is 1.72.